The molecule has 1 unspecified atom stereocenters. The normalized spacial score (nSPS) is 17.1. The van der Waals surface area contributed by atoms with Crippen LogP contribution in [-0.2, 0) is 0 Å². The molecule has 1 aliphatic carbocycles. The van der Waals surface area contributed by atoms with Crippen LogP contribution in [0.3, 0.4) is 0 Å². The van der Waals surface area contributed by atoms with Gasteiger partial charge >= 0.3 is 0 Å². The molecule has 1 aromatic carbocycles. The van der Waals surface area contributed by atoms with Gasteiger partial charge in [-0.2, -0.15) is 0 Å². The van der Waals surface area contributed by atoms with Crippen molar-refractivity contribution in [2.45, 2.75) is 38.1 Å². The van der Waals surface area contributed by atoms with Gasteiger partial charge in [-0.1, -0.05) is 37.6 Å². The zero-order chi connectivity index (χ0) is 13.1. The van der Waals surface area contributed by atoms with E-state index in [0.29, 0.717) is 0 Å². The molecule has 3 rings (SSSR count). The van der Waals surface area contributed by atoms with Crippen LogP contribution in [0.1, 0.15) is 55.0 Å². The third kappa shape index (κ3) is 2.45. The Balaban J connectivity index is 1.97. The lowest BCUT2D eigenvalue weighted by atomic mass is 9.77. The van der Waals surface area contributed by atoms with Gasteiger partial charge in [-0.05, 0) is 48.6 Å². The van der Waals surface area contributed by atoms with Crippen molar-refractivity contribution in [3.05, 3.63) is 59.5 Å². The molecule has 0 spiro atoms. The van der Waals surface area contributed by atoms with E-state index in [1.54, 1.807) is 6.26 Å². The van der Waals surface area contributed by atoms with Gasteiger partial charge in [0.15, 0.2) is 0 Å². The predicted octanol–water partition coefficient (Wildman–Crippen LogP) is 4.25. The van der Waals surface area contributed by atoms with E-state index in [9.17, 15) is 0 Å². The van der Waals surface area contributed by atoms with E-state index >= 15 is 0 Å². The number of hydrogen-bond acceptors (Lipinski definition) is 2. The van der Waals surface area contributed by atoms with Crippen LogP contribution < -0.4 is 5.32 Å². The van der Waals surface area contributed by atoms with E-state index in [0.717, 1.165) is 18.2 Å². The maximum absolute atomic E-state index is 5.63. The summed E-state index contributed by atoms with van der Waals surface area (Å²) in [6, 6.07) is 13.0. The van der Waals surface area contributed by atoms with E-state index in [1.165, 1.54) is 30.4 Å². The van der Waals surface area contributed by atoms with Crippen molar-refractivity contribution >= 4 is 0 Å². The van der Waals surface area contributed by atoms with Crippen LogP contribution in [0.4, 0.5) is 0 Å². The fraction of sp³-hybridized carbons (Fsp3) is 0.412. The lowest BCUT2D eigenvalue weighted by Crippen LogP contribution is -2.24. The fourth-order valence-electron chi connectivity index (χ4n) is 2.89. The average Bonchev–Trinajstić information content (AvgIpc) is 2.88. The van der Waals surface area contributed by atoms with Crippen LogP contribution in [-0.4, -0.2) is 6.54 Å². The van der Waals surface area contributed by atoms with E-state index < -0.39 is 0 Å². The first kappa shape index (κ1) is 12.5. The van der Waals surface area contributed by atoms with Gasteiger partial charge in [-0.15, -0.1) is 0 Å². The molecule has 1 N–H and O–H groups in total. The molecule has 0 bridgehead atoms. The molecule has 19 heavy (non-hydrogen) atoms. The number of nitrogens with one attached hydrogen (secondary N) is 1. The molecular formula is C17H21NO. The van der Waals surface area contributed by atoms with E-state index in [2.05, 4.69) is 42.6 Å². The molecule has 0 saturated heterocycles. The van der Waals surface area contributed by atoms with E-state index in [-0.39, 0.29) is 6.04 Å². The van der Waals surface area contributed by atoms with Crippen LogP contribution in [0, 0.1) is 0 Å². The van der Waals surface area contributed by atoms with Crippen LogP contribution >= 0.6 is 0 Å². The number of hydrogen-bond donors (Lipinski definition) is 1. The smallest absolute Gasteiger partial charge is 0.125 e. The summed E-state index contributed by atoms with van der Waals surface area (Å²) in [5.74, 6) is 1.75. The quantitative estimate of drug-likeness (QED) is 0.864. The summed E-state index contributed by atoms with van der Waals surface area (Å²) in [6.07, 6.45) is 5.78. The van der Waals surface area contributed by atoms with E-state index in [1.807, 2.05) is 6.07 Å². The highest BCUT2D eigenvalue weighted by Gasteiger charge is 2.26. The molecule has 1 fully saturated rings. The zero-order valence-electron chi connectivity index (χ0n) is 11.4. The SMILES string of the molecule is CCNC(c1ccco1)c1ccccc1C1CCC1. The van der Waals surface area contributed by atoms with Crippen LogP contribution in [0.5, 0.6) is 0 Å². The molecule has 0 aliphatic heterocycles. The Bertz CT molecular complexity index is 514. The van der Waals surface area contributed by atoms with Gasteiger partial charge in [0.25, 0.3) is 0 Å². The number of furan rings is 1. The average molecular weight is 255 g/mol. The van der Waals surface area contributed by atoms with Crippen LogP contribution in [0.25, 0.3) is 0 Å². The third-order valence-electron chi connectivity index (χ3n) is 4.09. The third-order valence-corrected chi connectivity index (χ3v) is 4.09. The topological polar surface area (TPSA) is 25.2 Å². The predicted molar refractivity (Wildman–Crippen MR) is 77.3 cm³/mol. The van der Waals surface area contributed by atoms with Gasteiger partial charge < -0.3 is 9.73 Å². The van der Waals surface area contributed by atoms with Gasteiger partial charge in [0.1, 0.15) is 5.76 Å². The highest BCUT2D eigenvalue weighted by molar-refractivity contribution is 5.37. The van der Waals surface area contributed by atoms with Gasteiger partial charge in [0, 0.05) is 0 Å². The Kier molecular flexibility index (Phi) is 3.69. The standard InChI is InChI=1S/C17H21NO/c1-2-18-17(16-11-6-12-19-16)15-10-4-3-9-14(15)13-7-5-8-13/h3-4,6,9-13,17-18H,2,5,7-8H2,1H3. The summed E-state index contributed by atoms with van der Waals surface area (Å²) in [7, 11) is 0. The molecule has 2 nitrogen and oxygen atoms in total. The first-order chi connectivity index (χ1) is 9.40. The van der Waals surface area contributed by atoms with Crippen molar-refractivity contribution in [2.24, 2.45) is 0 Å². The molecule has 1 saturated carbocycles. The Labute approximate surface area is 114 Å². The van der Waals surface area contributed by atoms with Crippen molar-refractivity contribution < 1.29 is 4.42 Å². The van der Waals surface area contributed by atoms with Crippen LogP contribution in [0.2, 0.25) is 0 Å². The molecule has 0 amide bonds. The van der Waals surface area contributed by atoms with Gasteiger partial charge in [0.2, 0.25) is 0 Å². The fourth-order valence-corrected chi connectivity index (χ4v) is 2.89. The van der Waals surface area contributed by atoms with Gasteiger partial charge in [-0.3, -0.25) is 0 Å². The Hall–Kier alpha value is -1.54. The molecule has 100 valence electrons. The second-order valence-electron chi connectivity index (χ2n) is 5.26. The van der Waals surface area contributed by atoms with E-state index in [4.69, 9.17) is 4.42 Å². The Morgan fingerprint density at radius 2 is 2.05 bits per heavy atom. The monoisotopic (exact) mass is 255 g/mol. The molecule has 1 aliphatic rings. The lowest BCUT2D eigenvalue weighted by molar-refractivity contribution is 0.407. The molecule has 0 radical (unpaired) electrons. The van der Waals surface area contributed by atoms with Gasteiger partial charge in [0.05, 0.1) is 12.3 Å². The lowest BCUT2D eigenvalue weighted by Gasteiger charge is -2.30. The first-order valence-corrected chi connectivity index (χ1v) is 7.25. The van der Waals surface area contributed by atoms with Crippen molar-refractivity contribution in [3.8, 4) is 0 Å². The summed E-state index contributed by atoms with van der Waals surface area (Å²) >= 11 is 0. The second kappa shape index (κ2) is 5.62. The van der Waals surface area contributed by atoms with Crippen molar-refractivity contribution in [2.75, 3.05) is 6.54 Å². The molecular weight excluding hydrogens is 234 g/mol. The summed E-state index contributed by atoms with van der Waals surface area (Å²) in [5.41, 5.74) is 2.88. The molecule has 2 heteroatoms. The van der Waals surface area contributed by atoms with Crippen molar-refractivity contribution in [3.63, 3.8) is 0 Å². The van der Waals surface area contributed by atoms with Crippen molar-refractivity contribution in [1.29, 1.82) is 0 Å². The van der Waals surface area contributed by atoms with Crippen LogP contribution in [0.15, 0.2) is 47.1 Å². The first-order valence-electron chi connectivity index (χ1n) is 7.25. The summed E-state index contributed by atoms with van der Waals surface area (Å²) in [6.45, 7) is 3.08. The largest absolute Gasteiger partial charge is 0.467 e. The van der Waals surface area contributed by atoms with Crippen molar-refractivity contribution in [1.82, 2.24) is 5.32 Å². The summed E-state index contributed by atoms with van der Waals surface area (Å²) < 4.78 is 5.63. The molecule has 1 heterocycles. The minimum absolute atomic E-state index is 0.178. The highest BCUT2D eigenvalue weighted by atomic mass is 16.3. The zero-order valence-corrected chi connectivity index (χ0v) is 11.4. The highest BCUT2D eigenvalue weighted by Crippen LogP contribution is 2.40. The van der Waals surface area contributed by atoms with Gasteiger partial charge in [-0.25, -0.2) is 0 Å². The number of benzene rings is 1. The minimum Gasteiger partial charge on any atom is -0.467 e. The Morgan fingerprint density at radius 1 is 1.21 bits per heavy atom. The maximum Gasteiger partial charge on any atom is 0.125 e. The maximum atomic E-state index is 5.63. The second-order valence-corrected chi connectivity index (χ2v) is 5.26. The summed E-state index contributed by atoms with van der Waals surface area (Å²) in [4.78, 5) is 0. The number of rotatable bonds is 5. The minimum atomic E-state index is 0.178. The molecule has 2 aromatic rings. The molecule has 1 aromatic heterocycles. The molecule has 1 atom stereocenters. The Morgan fingerprint density at radius 3 is 2.68 bits per heavy atom. The summed E-state index contributed by atoms with van der Waals surface area (Å²) in [5, 5.41) is 3.55.